The summed E-state index contributed by atoms with van der Waals surface area (Å²) in [5.41, 5.74) is 0.816. The molecule has 0 spiro atoms. The van der Waals surface area contributed by atoms with E-state index in [0.29, 0.717) is 25.1 Å². The van der Waals surface area contributed by atoms with E-state index in [1.807, 2.05) is 0 Å². The van der Waals surface area contributed by atoms with Crippen molar-refractivity contribution in [2.45, 2.75) is 18.4 Å². The fourth-order valence-corrected chi connectivity index (χ4v) is 3.74. The van der Waals surface area contributed by atoms with Crippen LogP contribution in [0.2, 0.25) is 5.02 Å². The van der Waals surface area contributed by atoms with E-state index in [1.165, 1.54) is 19.2 Å². The molecule has 144 valence electrons. The molecule has 1 N–H and O–H groups in total. The molecule has 0 aromatic heterocycles. The topological polar surface area (TPSA) is 49.8 Å². The van der Waals surface area contributed by atoms with Crippen molar-refractivity contribution in [3.8, 4) is 5.75 Å². The second kappa shape index (κ2) is 7.78. The van der Waals surface area contributed by atoms with Gasteiger partial charge in [0.1, 0.15) is 11.9 Å². The molecule has 3 rings (SSSR count). The Morgan fingerprint density at radius 3 is 2.67 bits per heavy atom. The Labute approximate surface area is 159 Å². The number of carboxylic acids is 1. The van der Waals surface area contributed by atoms with Crippen LogP contribution in [-0.4, -0.2) is 36.2 Å². The Morgan fingerprint density at radius 2 is 2.04 bits per heavy atom. The van der Waals surface area contributed by atoms with E-state index in [4.69, 9.17) is 16.3 Å². The van der Waals surface area contributed by atoms with Gasteiger partial charge < -0.3 is 9.84 Å². The van der Waals surface area contributed by atoms with E-state index in [1.54, 1.807) is 4.90 Å². The number of methoxy groups -OCH3 is 1. The van der Waals surface area contributed by atoms with Gasteiger partial charge in [0.15, 0.2) is 11.6 Å². The van der Waals surface area contributed by atoms with Crippen molar-refractivity contribution in [1.82, 2.24) is 4.90 Å². The number of likely N-dealkylation sites (tertiary alicyclic amines) is 1. The molecule has 1 aliphatic rings. The molecule has 2 atom stereocenters. The van der Waals surface area contributed by atoms with Crippen LogP contribution < -0.4 is 4.74 Å². The van der Waals surface area contributed by atoms with Crippen LogP contribution >= 0.6 is 11.6 Å². The molecule has 0 saturated carbocycles. The summed E-state index contributed by atoms with van der Waals surface area (Å²) in [7, 11) is 1.25. The number of aliphatic carboxylic acids is 1. The maximum atomic E-state index is 13.8. The first kappa shape index (κ1) is 19.5. The van der Waals surface area contributed by atoms with Crippen molar-refractivity contribution >= 4 is 17.6 Å². The van der Waals surface area contributed by atoms with E-state index < -0.39 is 29.5 Å². The average molecular weight is 400 g/mol. The molecule has 1 aliphatic heterocycles. The van der Waals surface area contributed by atoms with E-state index in [0.717, 1.165) is 18.2 Å². The van der Waals surface area contributed by atoms with Crippen LogP contribution in [0.15, 0.2) is 30.3 Å². The van der Waals surface area contributed by atoms with E-state index in [2.05, 4.69) is 0 Å². The Balaban J connectivity index is 1.87. The van der Waals surface area contributed by atoms with Crippen molar-refractivity contribution in [2.24, 2.45) is 0 Å². The van der Waals surface area contributed by atoms with Gasteiger partial charge in [0.05, 0.1) is 7.11 Å². The summed E-state index contributed by atoms with van der Waals surface area (Å²) in [6.45, 7) is 0.718. The molecule has 8 heteroatoms. The molecule has 2 aromatic rings. The lowest BCUT2D eigenvalue weighted by Crippen LogP contribution is -2.32. The zero-order valence-electron chi connectivity index (χ0n) is 14.4. The number of hydrogen-bond acceptors (Lipinski definition) is 3. The summed E-state index contributed by atoms with van der Waals surface area (Å²) in [6.07, 6.45) is 0.552. The van der Waals surface area contributed by atoms with Crippen LogP contribution in [0.25, 0.3) is 0 Å². The van der Waals surface area contributed by atoms with Crippen LogP contribution in [0, 0.1) is 17.5 Å². The number of carbonyl (C=O) groups is 1. The van der Waals surface area contributed by atoms with Gasteiger partial charge in [0.2, 0.25) is 5.82 Å². The summed E-state index contributed by atoms with van der Waals surface area (Å²) in [4.78, 5) is 13.5. The largest absolute Gasteiger partial charge is 0.494 e. The molecule has 0 bridgehead atoms. The molecule has 1 saturated heterocycles. The molecule has 1 heterocycles. The molecule has 0 radical (unpaired) electrons. The first-order valence-electron chi connectivity index (χ1n) is 8.26. The van der Waals surface area contributed by atoms with Crippen molar-refractivity contribution in [1.29, 1.82) is 0 Å². The Morgan fingerprint density at radius 1 is 1.30 bits per heavy atom. The minimum atomic E-state index is -1.12. The molecule has 2 unspecified atom stereocenters. The van der Waals surface area contributed by atoms with Crippen molar-refractivity contribution in [3.05, 3.63) is 63.9 Å². The predicted molar refractivity (Wildman–Crippen MR) is 93.6 cm³/mol. The summed E-state index contributed by atoms with van der Waals surface area (Å²) in [5.74, 6) is -4.14. The predicted octanol–water partition coefficient (Wildman–Crippen LogP) is 4.38. The first-order chi connectivity index (χ1) is 12.8. The highest BCUT2D eigenvalue weighted by atomic mass is 35.5. The third-order valence-electron chi connectivity index (χ3n) is 4.78. The zero-order chi connectivity index (χ0) is 19.7. The highest BCUT2D eigenvalue weighted by Gasteiger charge is 2.35. The molecule has 1 fully saturated rings. The van der Waals surface area contributed by atoms with E-state index in [9.17, 15) is 23.1 Å². The monoisotopic (exact) mass is 399 g/mol. The van der Waals surface area contributed by atoms with Crippen LogP contribution in [-0.2, 0) is 4.79 Å². The highest BCUT2D eigenvalue weighted by molar-refractivity contribution is 6.31. The van der Waals surface area contributed by atoms with Gasteiger partial charge in [-0.2, -0.15) is 4.39 Å². The Bertz CT molecular complexity index is 878. The molecular weight excluding hydrogens is 383 g/mol. The lowest BCUT2D eigenvalue weighted by atomic mass is 9.97. The SMILES string of the molecule is COc1cc(C2CCN(C(C(=O)O)c3ccc(F)cc3Cl)C2)cc(F)c1F. The standard InChI is InChI=1S/C19H17ClF3NO3/c1-27-16-7-11(6-15(22)17(16)23)10-4-5-24(9-10)18(19(25)26)13-3-2-12(21)8-14(13)20/h2-3,6-8,10,18H,4-5,9H2,1H3,(H,25,26). The van der Waals surface area contributed by atoms with Gasteiger partial charge in [-0.1, -0.05) is 17.7 Å². The fourth-order valence-electron chi connectivity index (χ4n) is 3.47. The van der Waals surface area contributed by atoms with Gasteiger partial charge in [-0.05, 0) is 54.3 Å². The summed E-state index contributed by atoms with van der Waals surface area (Å²) < 4.78 is 45.6. The third-order valence-corrected chi connectivity index (χ3v) is 5.11. The Kier molecular flexibility index (Phi) is 5.62. The van der Waals surface area contributed by atoms with Crippen molar-refractivity contribution in [3.63, 3.8) is 0 Å². The normalized spacial score (nSPS) is 18.5. The second-order valence-corrected chi connectivity index (χ2v) is 6.81. The maximum absolute atomic E-state index is 13.8. The van der Waals surface area contributed by atoms with Gasteiger partial charge in [0.25, 0.3) is 0 Å². The van der Waals surface area contributed by atoms with Crippen molar-refractivity contribution in [2.75, 3.05) is 20.2 Å². The number of ether oxygens (including phenoxy) is 1. The molecule has 0 amide bonds. The average Bonchev–Trinajstić information content (AvgIpc) is 3.08. The number of benzene rings is 2. The first-order valence-corrected chi connectivity index (χ1v) is 8.64. The van der Waals surface area contributed by atoms with E-state index in [-0.39, 0.29) is 22.3 Å². The number of hydrogen-bond donors (Lipinski definition) is 1. The Hall–Kier alpha value is -2.25. The number of carboxylic acid groups (broad SMARTS) is 1. The van der Waals surface area contributed by atoms with Crippen LogP contribution in [0.3, 0.4) is 0 Å². The quantitative estimate of drug-likeness (QED) is 0.810. The molecule has 0 aliphatic carbocycles. The minimum absolute atomic E-state index is 0.0281. The lowest BCUT2D eigenvalue weighted by Gasteiger charge is -2.25. The maximum Gasteiger partial charge on any atom is 0.325 e. The summed E-state index contributed by atoms with van der Waals surface area (Å²) in [5, 5.41) is 9.70. The minimum Gasteiger partial charge on any atom is -0.494 e. The number of rotatable bonds is 5. The summed E-state index contributed by atoms with van der Waals surface area (Å²) in [6, 6.07) is 5.05. The van der Waals surface area contributed by atoms with Crippen LogP contribution in [0.1, 0.15) is 29.5 Å². The van der Waals surface area contributed by atoms with Gasteiger partial charge in [-0.15, -0.1) is 0 Å². The number of nitrogens with zero attached hydrogens (tertiary/aromatic N) is 1. The van der Waals surface area contributed by atoms with Crippen LogP contribution in [0.5, 0.6) is 5.75 Å². The third kappa shape index (κ3) is 3.89. The highest BCUT2D eigenvalue weighted by Crippen LogP contribution is 2.37. The molecular formula is C19H17ClF3NO3. The van der Waals surface area contributed by atoms with Gasteiger partial charge in [0, 0.05) is 11.6 Å². The smallest absolute Gasteiger partial charge is 0.325 e. The molecule has 2 aromatic carbocycles. The van der Waals surface area contributed by atoms with E-state index >= 15 is 0 Å². The van der Waals surface area contributed by atoms with Gasteiger partial charge >= 0.3 is 5.97 Å². The second-order valence-electron chi connectivity index (χ2n) is 6.41. The van der Waals surface area contributed by atoms with Crippen LogP contribution in [0.4, 0.5) is 13.2 Å². The van der Waals surface area contributed by atoms with Gasteiger partial charge in [-0.3, -0.25) is 9.69 Å². The van der Waals surface area contributed by atoms with Crippen molar-refractivity contribution < 1.29 is 27.8 Å². The summed E-state index contributed by atoms with van der Waals surface area (Å²) >= 11 is 6.04. The van der Waals surface area contributed by atoms with Gasteiger partial charge in [-0.25, -0.2) is 8.78 Å². The molecule has 27 heavy (non-hydrogen) atoms. The number of halogens is 4. The lowest BCUT2D eigenvalue weighted by molar-refractivity contribution is -0.143. The molecule has 4 nitrogen and oxygen atoms in total. The zero-order valence-corrected chi connectivity index (χ0v) is 15.1. The fraction of sp³-hybridized carbons (Fsp3) is 0.316.